The second-order valence-corrected chi connectivity index (χ2v) is 6.79. The first-order valence-electron chi connectivity index (χ1n) is 8.77. The highest BCUT2D eigenvalue weighted by Crippen LogP contribution is 2.31. The largest absolute Gasteiger partial charge is 0.393 e. The summed E-state index contributed by atoms with van der Waals surface area (Å²) < 4.78 is 0. The SMILES string of the molecule is N#CN1Cc2nc(NC3CCC(O)CC3)nc(-c3ccccc3)c2C1. The highest BCUT2D eigenvalue weighted by Gasteiger charge is 2.26. The molecule has 1 aliphatic carbocycles. The van der Waals surface area contributed by atoms with Crippen LogP contribution < -0.4 is 5.32 Å². The standard InChI is InChI=1S/C19H21N5O/c20-12-24-10-16-17(11-24)22-19(21-14-6-8-15(25)9-7-14)23-18(16)13-4-2-1-3-5-13/h1-5,14-15,25H,6-11H2,(H,21,22,23). The zero-order valence-electron chi connectivity index (χ0n) is 14.0. The summed E-state index contributed by atoms with van der Waals surface area (Å²) in [6.45, 7) is 1.10. The van der Waals surface area contributed by atoms with Gasteiger partial charge in [-0.25, -0.2) is 9.97 Å². The minimum absolute atomic E-state index is 0.178. The predicted molar refractivity (Wildman–Crippen MR) is 94.2 cm³/mol. The Morgan fingerprint density at radius 1 is 1.08 bits per heavy atom. The van der Waals surface area contributed by atoms with Gasteiger partial charge in [0.2, 0.25) is 5.95 Å². The van der Waals surface area contributed by atoms with Crippen LogP contribution >= 0.6 is 0 Å². The molecule has 0 saturated heterocycles. The summed E-state index contributed by atoms with van der Waals surface area (Å²) >= 11 is 0. The van der Waals surface area contributed by atoms with Crippen LogP contribution in [0.4, 0.5) is 5.95 Å². The number of fused-ring (bicyclic) bond motifs is 1. The van der Waals surface area contributed by atoms with E-state index < -0.39 is 0 Å². The summed E-state index contributed by atoms with van der Waals surface area (Å²) in [4.78, 5) is 11.1. The molecule has 0 bridgehead atoms. The molecule has 6 heteroatoms. The lowest BCUT2D eigenvalue weighted by Gasteiger charge is -2.26. The molecule has 1 aromatic heterocycles. The number of benzene rings is 1. The number of nitrogens with zero attached hydrogens (tertiary/aromatic N) is 4. The minimum Gasteiger partial charge on any atom is -0.393 e. The topological polar surface area (TPSA) is 85.1 Å². The number of rotatable bonds is 3. The van der Waals surface area contributed by atoms with E-state index in [1.54, 1.807) is 4.90 Å². The lowest BCUT2D eigenvalue weighted by Crippen LogP contribution is -2.29. The predicted octanol–water partition coefficient (Wildman–Crippen LogP) is 2.66. The number of nitrogens with one attached hydrogen (secondary N) is 1. The van der Waals surface area contributed by atoms with E-state index in [9.17, 15) is 10.4 Å². The van der Waals surface area contributed by atoms with E-state index in [2.05, 4.69) is 16.5 Å². The fraction of sp³-hybridized carbons (Fsp3) is 0.421. The Bertz CT molecular complexity index is 793. The zero-order chi connectivity index (χ0) is 17.2. The molecule has 0 amide bonds. The van der Waals surface area contributed by atoms with E-state index in [1.165, 1.54) is 0 Å². The molecule has 0 atom stereocenters. The van der Waals surface area contributed by atoms with E-state index in [-0.39, 0.29) is 6.10 Å². The molecule has 2 heterocycles. The van der Waals surface area contributed by atoms with Crippen molar-refractivity contribution in [3.63, 3.8) is 0 Å². The molecule has 6 nitrogen and oxygen atoms in total. The van der Waals surface area contributed by atoms with Gasteiger partial charge >= 0.3 is 0 Å². The van der Waals surface area contributed by atoms with Gasteiger partial charge < -0.3 is 15.3 Å². The molecule has 4 rings (SSSR count). The van der Waals surface area contributed by atoms with Crippen LogP contribution in [0.2, 0.25) is 0 Å². The summed E-state index contributed by atoms with van der Waals surface area (Å²) in [5.74, 6) is 0.624. The number of hydrogen-bond acceptors (Lipinski definition) is 6. The normalized spacial score (nSPS) is 22.3. The van der Waals surface area contributed by atoms with Crippen LogP contribution in [0.5, 0.6) is 0 Å². The van der Waals surface area contributed by atoms with Gasteiger partial charge in [0.1, 0.15) is 0 Å². The number of aliphatic hydroxyl groups excluding tert-OH is 1. The third-order valence-electron chi connectivity index (χ3n) is 5.00. The Hall–Kier alpha value is -2.65. The van der Waals surface area contributed by atoms with Crippen molar-refractivity contribution in [1.82, 2.24) is 14.9 Å². The molecule has 2 aromatic rings. The van der Waals surface area contributed by atoms with Crippen molar-refractivity contribution >= 4 is 5.95 Å². The third kappa shape index (κ3) is 3.28. The Morgan fingerprint density at radius 3 is 2.56 bits per heavy atom. The van der Waals surface area contributed by atoms with E-state index in [1.807, 2.05) is 30.3 Å². The lowest BCUT2D eigenvalue weighted by atomic mass is 9.93. The van der Waals surface area contributed by atoms with Crippen molar-refractivity contribution in [3.05, 3.63) is 41.6 Å². The molecular formula is C19H21N5O. The van der Waals surface area contributed by atoms with Crippen molar-refractivity contribution in [2.75, 3.05) is 5.32 Å². The van der Waals surface area contributed by atoms with Crippen molar-refractivity contribution in [3.8, 4) is 17.5 Å². The summed E-state index contributed by atoms with van der Waals surface area (Å²) in [5, 5.41) is 22.4. The monoisotopic (exact) mass is 335 g/mol. The van der Waals surface area contributed by atoms with Crippen LogP contribution in [0, 0.1) is 11.5 Å². The summed E-state index contributed by atoms with van der Waals surface area (Å²) in [6, 6.07) is 10.3. The van der Waals surface area contributed by atoms with Gasteiger partial charge in [-0.05, 0) is 25.7 Å². The Kier molecular flexibility index (Phi) is 4.24. The summed E-state index contributed by atoms with van der Waals surface area (Å²) in [5.41, 5.74) is 3.91. The molecule has 2 aliphatic rings. The second-order valence-electron chi connectivity index (χ2n) is 6.79. The summed E-state index contributed by atoms with van der Waals surface area (Å²) in [7, 11) is 0. The smallest absolute Gasteiger partial charge is 0.223 e. The number of hydrogen-bond donors (Lipinski definition) is 2. The molecule has 0 radical (unpaired) electrons. The van der Waals surface area contributed by atoms with Gasteiger partial charge in [-0.3, -0.25) is 0 Å². The number of aliphatic hydroxyl groups is 1. The van der Waals surface area contributed by atoms with Crippen LogP contribution in [-0.4, -0.2) is 32.1 Å². The molecule has 0 unspecified atom stereocenters. The van der Waals surface area contributed by atoms with Crippen molar-refractivity contribution < 1.29 is 5.11 Å². The summed E-state index contributed by atoms with van der Waals surface area (Å²) in [6.07, 6.45) is 5.51. The number of nitriles is 1. The average Bonchev–Trinajstić information content (AvgIpc) is 3.07. The van der Waals surface area contributed by atoms with Gasteiger partial charge in [-0.15, -0.1) is 0 Å². The van der Waals surface area contributed by atoms with Crippen LogP contribution in [0.25, 0.3) is 11.3 Å². The molecule has 1 saturated carbocycles. The molecular weight excluding hydrogens is 314 g/mol. The van der Waals surface area contributed by atoms with Crippen molar-refractivity contribution in [2.24, 2.45) is 0 Å². The molecule has 0 spiro atoms. The fourth-order valence-corrected chi connectivity index (χ4v) is 3.63. The van der Waals surface area contributed by atoms with E-state index in [0.717, 1.165) is 48.2 Å². The highest BCUT2D eigenvalue weighted by molar-refractivity contribution is 5.66. The van der Waals surface area contributed by atoms with E-state index in [0.29, 0.717) is 25.1 Å². The average molecular weight is 335 g/mol. The maximum atomic E-state index is 9.67. The van der Waals surface area contributed by atoms with Gasteiger partial charge in [-0.2, -0.15) is 5.26 Å². The second kappa shape index (κ2) is 6.69. The third-order valence-corrected chi connectivity index (χ3v) is 5.00. The Balaban J connectivity index is 1.66. The molecule has 1 aromatic carbocycles. The maximum absolute atomic E-state index is 9.67. The zero-order valence-corrected chi connectivity index (χ0v) is 14.0. The molecule has 128 valence electrons. The van der Waals surface area contributed by atoms with E-state index >= 15 is 0 Å². The molecule has 1 fully saturated rings. The fourth-order valence-electron chi connectivity index (χ4n) is 3.63. The van der Waals surface area contributed by atoms with Crippen molar-refractivity contribution in [1.29, 1.82) is 5.26 Å². The van der Waals surface area contributed by atoms with E-state index in [4.69, 9.17) is 4.98 Å². The van der Waals surface area contributed by atoms with Crippen LogP contribution in [0.1, 0.15) is 36.9 Å². The number of anilines is 1. The first-order chi connectivity index (χ1) is 12.2. The first-order valence-corrected chi connectivity index (χ1v) is 8.77. The van der Waals surface area contributed by atoms with Crippen molar-refractivity contribution in [2.45, 2.75) is 50.9 Å². The van der Waals surface area contributed by atoms with Gasteiger partial charge in [0, 0.05) is 17.2 Å². The Labute approximate surface area is 147 Å². The van der Waals surface area contributed by atoms with Gasteiger partial charge in [0.15, 0.2) is 6.19 Å². The van der Waals surface area contributed by atoms with Gasteiger partial charge in [0.25, 0.3) is 0 Å². The maximum Gasteiger partial charge on any atom is 0.223 e. The molecule has 2 N–H and O–H groups in total. The van der Waals surface area contributed by atoms with Crippen LogP contribution in [0.15, 0.2) is 30.3 Å². The van der Waals surface area contributed by atoms with Gasteiger partial charge in [-0.1, -0.05) is 30.3 Å². The minimum atomic E-state index is -0.178. The lowest BCUT2D eigenvalue weighted by molar-refractivity contribution is 0.126. The Morgan fingerprint density at radius 2 is 1.84 bits per heavy atom. The van der Waals surface area contributed by atoms with Crippen LogP contribution in [-0.2, 0) is 13.1 Å². The number of aromatic nitrogens is 2. The quantitative estimate of drug-likeness (QED) is 0.839. The highest BCUT2D eigenvalue weighted by atomic mass is 16.3. The van der Waals surface area contributed by atoms with Crippen LogP contribution in [0.3, 0.4) is 0 Å². The molecule has 1 aliphatic heterocycles. The molecule has 25 heavy (non-hydrogen) atoms. The first kappa shape index (κ1) is 15.9. The van der Waals surface area contributed by atoms with Gasteiger partial charge in [0.05, 0.1) is 30.6 Å².